The number of rotatable bonds is 3. The third-order valence-electron chi connectivity index (χ3n) is 4.15. The predicted molar refractivity (Wildman–Crippen MR) is 91.3 cm³/mol. The van der Waals surface area contributed by atoms with Crippen LogP contribution >= 0.6 is 0 Å². The van der Waals surface area contributed by atoms with Crippen LogP contribution in [0.2, 0.25) is 0 Å². The monoisotopic (exact) mass is 359 g/mol. The Hall–Kier alpha value is -2.36. The van der Waals surface area contributed by atoms with Gasteiger partial charge in [0.15, 0.2) is 11.5 Å². The maximum Gasteiger partial charge on any atom is 0.211 e. The first-order chi connectivity index (χ1) is 12.0. The summed E-state index contributed by atoms with van der Waals surface area (Å²) in [7, 11) is -3.25. The molecule has 0 saturated carbocycles. The molecule has 25 heavy (non-hydrogen) atoms. The number of nitrogens with zero attached hydrogens (tertiary/aromatic N) is 5. The van der Waals surface area contributed by atoms with E-state index >= 15 is 0 Å². The largest absolute Gasteiger partial charge is 0.367 e. The molecule has 130 valence electrons. The van der Waals surface area contributed by atoms with E-state index in [1.54, 1.807) is 16.9 Å². The third kappa shape index (κ3) is 3.26. The van der Waals surface area contributed by atoms with Gasteiger partial charge in [0.05, 0.1) is 12.9 Å². The second kappa shape index (κ2) is 6.17. The van der Waals surface area contributed by atoms with Gasteiger partial charge in [-0.15, -0.1) is 5.10 Å². The van der Waals surface area contributed by atoms with Gasteiger partial charge in [-0.05, 0) is 29.8 Å². The van der Waals surface area contributed by atoms with E-state index in [9.17, 15) is 8.42 Å². The Morgan fingerprint density at radius 3 is 2.72 bits per heavy atom. The molecule has 0 radical (unpaired) electrons. The van der Waals surface area contributed by atoms with Gasteiger partial charge >= 0.3 is 0 Å². The molecule has 0 spiro atoms. The van der Waals surface area contributed by atoms with E-state index in [1.165, 1.54) is 10.6 Å². The number of fused-ring (bicyclic) bond motifs is 1. The molecule has 0 aliphatic carbocycles. The van der Waals surface area contributed by atoms with Crippen LogP contribution in [-0.4, -0.2) is 58.3 Å². The summed E-state index contributed by atoms with van der Waals surface area (Å²) >= 11 is 0. The quantitative estimate of drug-likeness (QED) is 0.696. The normalized spacial score (nSPS) is 19.3. The van der Waals surface area contributed by atoms with E-state index in [1.807, 2.05) is 30.5 Å². The van der Waals surface area contributed by atoms with Crippen molar-refractivity contribution in [3.8, 4) is 11.1 Å². The van der Waals surface area contributed by atoms with Crippen molar-refractivity contribution >= 4 is 15.7 Å². The van der Waals surface area contributed by atoms with Crippen molar-refractivity contribution in [1.82, 2.24) is 23.9 Å². The maximum atomic E-state index is 11.8. The smallest absolute Gasteiger partial charge is 0.211 e. The second-order valence-corrected chi connectivity index (χ2v) is 7.89. The van der Waals surface area contributed by atoms with Gasteiger partial charge in [0, 0.05) is 37.2 Å². The Morgan fingerprint density at radius 1 is 1.16 bits per heavy atom. The van der Waals surface area contributed by atoms with Crippen molar-refractivity contribution in [3.63, 3.8) is 0 Å². The number of ether oxygens (including phenoxy) is 1. The van der Waals surface area contributed by atoms with Crippen molar-refractivity contribution in [2.75, 3.05) is 26.0 Å². The Kier molecular flexibility index (Phi) is 3.98. The lowest BCUT2D eigenvalue weighted by Gasteiger charge is -2.29. The van der Waals surface area contributed by atoms with Crippen molar-refractivity contribution < 1.29 is 13.2 Å². The molecule has 1 atom stereocenters. The van der Waals surface area contributed by atoms with Crippen LogP contribution in [0.25, 0.3) is 16.8 Å². The highest BCUT2D eigenvalue weighted by Gasteiger charge is 2.30. The van der Waals surface area contributed by atoms with Gasteiger partial charge in [-0.25, -0.2) is 17.9 Å². The maximum absolute atomic E-state index is 11.8. The van der Waals surface area contributed by atoms with Crippen LogP contribution in [0.3, 0.4) is 0 Å². The highest BCUT2D eigenvalue weighted by Crippen LogP contribution is 2.23. The van der Waals surface area contributed by atoms with Crippen molar-refractivity contribution in [2.45, 2.75) is 6.10 Å². The Bertz CT molecular complexity index is 1000. The number of hydrogen-bond acceptors (Lipinski definition) is 6. The first kappa shape index (κ1) is 16.1. The van der Waals surface area contributed by atoms with Crippen LogP contribution in [0.15, 0.2) is 42.9 Å². The summed E-state index contributed by atoms with van der Waals surface area (Å²) in [6, 6.07) is 7.69. The zero-order valence-corrected chi connectivity index (χ0v) is 14.4. The van der Waals surface area contributed by atoms with E-state index in [0.717, 1.165) is 11.1 Å². The summed E-state index contributed by atoms with van der Waals surface area (Å²) in [6.45, 7) is 0.914. The van der Waals surface area contributed by atoms with E-state index < -0.39 is 16.1 Å². The minimum absolute atomic E-state index is 0.229. The number of aromatic nitrogens is 4. The molecule has 1 aliphatic rings. The molecule has 9 heteroatoms. The molecule has 1 aliphatic heterocycles. The molecule has 4 rings (SSSR count). The third-order valence-corrected chi connectivity index (χ3v) is 5.42. The zero-order chi connectivity index (χ0) is 17.4. The predicted octanol–water partition coefficient (Wildman–Crippen LogP) is 1.12. The summed E-state index contributed by atoms with van der Waals surface area (Å²) in [5.41, 5.74) is 2.72. The Labute approximate surface area is 145 Å². The molecule has 1 saturated heterocycles. The van der Waals surface area contributed by atoms with E-state index in [-0.39, 0.29) is 6.54 Å². The molecule has 3 aromatic heterocycles. The van der Waals surface area contributed by atoms with Crippen molar-refractivity contribution in [3.05, 3.63) is 48.7 Å². The second-order valence-electron chi connectivity index (χ2n) is 5.91. The lowest BCUT2D eigenvalue weighted by molar-refractivity contribution is -0.00716. The zero-order valence-electron chi connectivity index (χ0n) is 13.6. The lowest BCUT2D eigenvalue weighted by Crippen LogP contribution is -2.41. The molecule has 0 unspecified atom stereocenters. The molecule has 0 bridgehead atoms. The van der Waals surface area contributed by atoms with Crippen LogP contribution in [0, 0.1) is 0 Å². The number of sulfonamides is 1. The summed E-state index contributed by atoms with van der Waals surface area (Å²) in [6.07, 6.45) is 6.10. The van der Waals surface area contributed by atoms with Gasteiger partial charge in [0.25, 0.3) is 0 Å². The molecule has 1 fully saturated rings. The lowest BCUT2D eigenvalue weighted by atomic mass is 10.1. The molecule has 0 aromatic carbocycles. The van der Waals surface area contributed by atoms with Gasteiger partial charge in [0.2, 0.25) is 10.0 Å². The fourth-order valence-electron chi connectivity index (χ4n) is 2.83. The molecule has 3 aromatic rings. The summed E-state index contributed by atoms with van der Waals surface area (Å²) in [5, 5.41) is 4.48. The van der Waals surface area contributed by atoms with Crippen LogP contribution in [0.4, 0.5) is 0 Å². The highest BCUT2D eigenvalue weighted by atomic mass is 32.2. The Morgan fingerprint density at radius 2 is 1.96 bits per heavy atom. The fourth-order valence-corrected chi connectivity index (χ4v) is 3.65. The molecule has 8 nitrogen and oxygen atoms in total. The average molecular weight is 359 g/mol. The Balaban J connectivity index is 1.65. The minimum atomic E-state index is -3.25. The van der Waals surface area contributed by atoms with E-state index in [2.05, 4.69) is 15.1 Å². The van der Waals surface area contributed by atoms with Gasteiger partial charge < -0.3 is 4.74 Å². The molecular formula is C16H17N5O3S. The van der Waals surface area contributed by atoms with Crippen molar-refractivity contribution in [2.24, 2.45) is 0 Å². The topological polar surface area (TPSA) is 89.7 Å². The minimum Gasteiger partial charge on any atom is -0.367 e. The van der Waals surface area contributed by atoms with Gasteiger partial charge in [-0.2, -0.15) is 4.31 Å². The fraction of sp³-hybridized carbons (Fsp3) is 0.312. The van der Waals surface area contributed by atoms with Crippen molar-refractivity contribution in [1.29, 1.82) is 0 Å². The summed E-state index contributed by atoms with van der Waals surface area (Å²) in [4.78, 5) is 8.50. The van der Waals surface area contributed by atoms with Crippen LogP contribution in [-0.2, 0) is 14.8 Å². The van der Waals surface area contributed by atoms with Gasteiger partial charge in [0.1, 0.15) is 6.10 Å². The molecule has 4 heterocycles. The van der Waals surface area contributed by atoms with E-state index in [4.69, 9.17) is 4.74 Å². The van der Waals surface area contributed by atoms with Crippen LogP contribution < -0.4 is 0 Å². The first-order valence-corrected chi connectivity index (χ1v) is 9.69. The first-order valence-electron chi connectivity index (χ1n) is 7.84. The van der Waals surface area contributed by atoms with Crippen LogP contribution in [0.5, 0.6) is 0 Å². The van der Waals surface area contributed by atoms with Gasteiger partial charge in [-0.1, -0.05) is 0 Å². The number of hydrogen-bond donors (Lipinski definition) is 0. The average Bonchev–Trinajstić information content (AvgIpc) is 3.05. The van der Waals surface area contributed by atoms with Gasteiger partial charge in [-0.3, -0.25) is 4.98 Å². The highest BCUT2D eigenvalue weighted by molar-refractivity contribution is 7.88. The van der Waals surface area contributed by atoms with Crippen LogP contribution in [0.1, 0.15) is 11.9 Å². The SMILES string of the molecule is CS(=O)(=O)N1CCO[C@@H](c2nc3ccc(-c4ccncc4)cn3n2)C1. The summed E-state index contributed by atoms with van der Waals surface area (Å²) < 4.78 is 32.3. The molecule has 0 N–H and O–H groups in total. The van der Waals surface area contributed by atoms with E-state index in [0.29, 0.717) is 24.6 Å². The standard InChI is InChI=1S/C16H17N5O3S/c1-25(22,23)20-8-9-24-14(11-20)16-18-15-3-2-13(10-21(15)19-16)12-4-6-17-7-5-12/h2-7,10,14H,8-9,11H2,1H3/t14-/m1/s1. The number of pyridine rings is 2. The molecular weight excluding hydrogens is 342 g/mol. The molecule has 0 amide bonds. The summed E-state index contributed by atoms with van der Waals surface area (Å²) in [5.74, 6) is 0.486. The number of morpholine rings is 1.